The Morgan fingerprint density at radius 3 is 2.86 bits per heavy atom. The zero-order valence-electron chi connectivity index (χ0n) is 7.77. The monoisotopic (exact) mass is 190 g/mol. The van der Waals surface area contributed by atoms with E-state index in [1.807, 2.05) is 6.92 Å². The second kappa shape index (κ2) is 3.10. The molecule has 5 nitrogen and oxygen atoms in total. The maximum absolute atomic E-state index is 11.4. The summed E-state index contributed by atoms with van der Waals surface area (Å²) in [6.07, 6.45) is 3.46. The third-order valence-corrected chi connectivity index (χ3v) is 1.90. The molecule has 0 saturated heterocycles. The number of nitrogens with zero attached hydrogens (tertiary/aromatic N) is 3. The Kier molecular flexibility index (Phi) is 1.92. The van der Waals surface area contributed by atoms with E-state index in [-0.39, 0.29) is 5.91 Å². The predicted molar refractivity (Wildman–Crippen MR) is 53.9 cm³/mol. The number of nitrogens with two attached hydrogens (primary N) is 1. The van der Waals surface area contributed by atoms with Crippen LogP contribution in [0.15, 0.2) is 23.6 Å². The number of hydrogen-bond acceptors (Lipinski definition) is 4. The third kappa shape index (κ3) is 1.44. The Hall–Kier alpha value is -1.91. The molecule has 0 saturated carbocycles. The number of hydrazone groups is 1. The van der Waals surface area contributed by atoms with Gasteiger partial charge in [0.05, 0.1) is 24.0 Å². The number of anilines is 2. The highest BCUT2D eigenvalue weighted by molar-refractivity contribution is 6.12. The summed E-state index contributed by atoms with van der Waals surface area (Å²) in [6, 6.07) is 1.67. The molecular weight excluding hydrogens is 180 g/mol. The maximum atomic E-state index is 11.4. The van der Waals surface area contributed by atoms with E-state index in [4.69, 9.17) is 5.73 Å². The van der Waals surface area contributed by atoms with Crippen LogP contribution in [0.2, 0.25) is 0 Å². The van der Waals surface area contributed by atoms with Crippen molar-refractivity contribution < 1.29 is 4.79 Å². The Morgan fingerprint density at radius 1 is 1.50 bits per heavy atom. The molecular formula is C9H10N4O. The van der Waals surface area contributed by atoms with Gasteiger partial charge in [0.1, 0.15) is 0 Å². The van der Waals surface area contributed by atoms with Crippen LogP contribution in [0.1, 0.15) is 13.3 Å². The van der Waals surface area contributed by atoms with E-state index in [2.05, 4.69) is 10.1 Å². The summed E-state index contributed by atoms with van der Waals surface area (Å²) in [7, 11) is 0. The predicted octanol–water partition coefficient (Wildman–Crippen LogP) is 0.776. The molecule has 2 heterocycles. The fourth-order valence-corrected chi connectivity index (χ4v) is 1.32. The first kappa shape index (κ1) is 8.68. The molecule has 1 amide bonds. The highest BCUT2D eigenvalue weighted by Crippen LogP contribution is 2.20. The number of carbonyl (C=O) groups excluding carboxylic acids is 1. The van der Waals surface area contributed by atoms with Crippen LogP contribution in [0.3, 0.4) is 0 Å². The van der Waals surface area contributed by atoms with Crippen molar-refractivity contribution in [3.8, 4) is 0 Å². The lowest BCUT2D eigenvalue weighted by Crippen LogP contribution is -2.19. The quantitative estimate of drug-likeness (QED) is 0.711. The Balaban J connectivity index is 2.36. The average molecular weight is 190 g/mol. The minimum absolute atomic E-state index is 0.0464. The number of hydrogen-bond donors (Lipinski definition) is 1. The van der Waals surface area contributed by atoms with Crippen LogP contribution < -0.4 is 10.7 Å². The van der Waals surface area contributed by atoms with E-state index < -0.39 is 0 Å². The van der Waals surface area contributed by atoms with Crippen LogP contribution in [-0.4, -0.2) is 16.6 Å². The van der Waals surface area contributed by atoms with Crippen LogP contribution in [0.5, 0.6) is 0 Å². The summed E-state index contributed by atoms with van der Waals surface area (Å²) in [5, 5.41) is 5.42. The number of carbonyl (C=O) groups is 1. The molecule has 5 heteroatoms. The highest BCUT2D eigenvalue weighted by Gasteiger charge is 2.22. The third-order valence-electron chi connectivity index (χ3n) is 1.90. The van der Waals surface area contributed by atoms with Gasteiger partial charge in [0.2, 0.25) is 0 Å². The van der Waals surface area contributed by atoms with Gasteiger partial charge in [-0.1, -0.05) is 0 Å². The van der Waals surface area contributed by atoms with E-state index in [1.165, 1.54) is 11.2 Å². The van der Waals surface area contributed by atoms with E-state index >= 15 is 0 Å². The highest BCUT2D eigenvalue weighted by atomic mass is 16.2. The minimum Gasteiger partial charge on any atom is -0.397 e. The SMILES string of the molecule is CC1=NN(c2cncc(N)c2)C(=O)C1. The lowest BCUT2D eigenvalue weighted by Gasteiger charge is -2.10. The van der Waals surface area contributed by atoms with Gasteiger partial charge in [-0.3, -0.25) is 9.78 Å². The Labute approximate surface area is 81.2 Å². The van der Waals surface area contributed by atoms with Crippen molar-refractivity contribution in [1.29, 1.82) is 0 Å². The van der Waals surface area contributed by atoms with E-state index in [0.29, 0.717) is 17.8 Å². The standard InChI is InChI=1S/C9H10N4O/c1-6-2-9(14)13(12-6)8-3-7(10)4-11-5-8/h3-5H,2,10H2,1H3. The molecule has 0 bridgehead atoms. The maximum Gasteiger partial charge on any atom is 0.253 e. The molecule has 1 aliphatic heterocycles. The Bertz CT molecular complexity index is 413. The molecule has 1 aromatic heterocycles. The van der Waals surface area contributed by atoms with Gasteiger partial charge in [-0.2, -0.15) is 10.1 Å². The number of nitrogen functional groups attached to an aromatic ring is 1. The van der Waals surface area contributed by atoms with Crippen LogP contribution >= 0.6 is 0 Å². The fraction of sp³-hybridized carbons (Fsp3) is 0.222. The smallest absolute Gasteiger partial charge is 0.253 e. The number of aromatic nitrogens is 1. The molecule has 0 aromatic carbocycles. The molecule has 0 fully saturated rings. The molecule has 2 rings (SSSR count). The molecule has 72 valence electrons. The Morgan fingerprint density at radius 2 is 2.29 bits per heavy atom. The fourth-order valence-electron chi connectivity index (χ4n) is 1.32. The van der Waals surface area contributed by atoms with E-state index in [1.54, 1.807) is 12.3 Å². The molecule has 0 atom stereocenters. The zero-order chi connectivity index (χ0) is 10.1. The van der Waals surface area contributed by atoms with Crippen LogP contribution in [0.25, 0.3) is 0 Å². The molecule has 0 radical (unpaired) electrons. The topological polar surface area (TPSA) is 71.6 Å². The van der Waals surface area contributed by atoms with Crippen molar-refractivity contribution in [2.24, 2.45) is 5.10 Å². The summed E-state index contributed by atoms with van der Waals surface area (Å²) in [5.74, 6) is -0.0464. The van der Waals surface area contributed by atoms with Crippen molar-refractivity contribution in [2.45, 2.75) is 13.3 Å². The lowest BCUT2D eigenvalue weighted by molar-refractivity contribution is -0.116. The number of amides is 1. The lowest BCUT2D eigenvalue weighted by atomic mass is 10.3. The van der Waals surface area contributed by atoms with Gasteiger partial charge >= 0.3 is 0 Å². The van der Waals surface area contributed by atoms with Crippen molar-refractivity contribution in [3.63, 3.8) is 0 Å². The van der Waals surface area contributed by atoms with E-state index in [0.717, 1.165) is 5.71 Å². The van der Waals surface area contributed by atoms with Crippen molar-refractivity contribution in [1.82, 2.24) is 4.98 Å². The van der Waals surface area contributed by atoms with Gasteiger partial charge in [0.25, 0.3) is 5.91 Å². The van der Waals surface area contributed by atoms with Gasteiger partial charge in [0.15, 0.2) is 0 Å². The zero-order valence-corrected chi connectivity index (χ0v) is 7.77. The van der Waals surface area contributed by atoms with Crippen molar-refractivity contribution in [3.05, 3.63) is 18.5 Å². The first-order valence-electron chi connectivity index (χ1n) is 4.24. The molecule has 1 aromatic rings. The average Bonchev–Trinajstić information content (AvgIpc) is 2.45. The van der Waals surface area contributed by atoms with Gasteiger partial charge in [-0.05, 0) is 13.0 Å². The van der Waals surface area contributed by atoms with Gasteiger partial charge in [-0.15, -0.1) is 0 Å². The summed E-state index contributed by atoms with van der Waals surface area (Å²) in [5.41, 5.74) is 7.50. The minimum atomic E-state index is -0.0464. The van der Waals surface area contributed by atoms with Gasteiger partial charge in [-0.25, -0.2) is 0 Å². The summed E-state index contributed by atoms with van der Waals surface area (Å²) < 4.78 is 0. The van der Waals surface area contributed by atoms with Crippen LogP contribution in [-0.2, 0) is 4.79 Å². The second-order valence-corrected chi connectivity index (χ2v) is 3.19. The first-order valence-corrected chi connectivity index (χ1v) is 4.24. The van der Waals surface area contributed by atoms with Crippen molar-refractivity contribution >= 4 is 23.0 Å². The van der Waals surface area contributed by atoms with Gasteiger partial charge in [0, 0.05) is 11.9 Å². The summed E-state index contributed by atoms with van der Waals surface area (Å²) in [4.78, 5) is 15.3. The second-order valence-electron chi connectivity index (χ2n) is 3.19. The normalized spacial score (nSPS) is 15.9. The summed E-state index contributed by atoms with van der Waals surface area (Å²) >= 11 is 0. The molecule has 1 aliphatic rings. The van der Waals surface area contributed by atoms with Crippen molar-refractivity contribution in [2.75, 3.05) is 10.7 Å². The van der Waals surface area contributed by atoms with Crippen LogP contribution in [0.4, 0.5) is 11.4 Å². The van der Waals surface area contributed by atoms with Crippen LogP contribution in [0, 0.1) is 0 Å². The molecule has 2 N–H and O–H groups in total. The molecule has 0 spiro atoms. The first-order chi connectivity index (χ1) is 6.66. The van der Waals surface area contributed by atoms with E-state index in [9.17, 15) is 4.79 Å². The molecule has 0 aliphatic carbocycles. The molecule has 14 heavy (non-hydrogen) atoms. The summed E-state index contributed by atoms with van der Waals surface area (Å²) in [6.45, 7) is 1.82. The molecule has 0 unspecified atom stereocenters. The largest absolute Gasteiger partial charge is 0.397 e. The number of rotatable bonds is 1. The number of pyridine rings is 1. The van der Waals surface area contributed by atoms with Gasteiger partial charge < -0.3 is 5.73 Å².